The number of rotatable bonds is 8. The second-order valence-corrected chi connectivity index (χ2v) is 8.05. The first kappa shape index (κ1) is 22.2. The Bertz CT molecular complexity index is 551. The quantitative estimate of drug-likeness (QED) is 0.375. The monoisotopic (exact) mass is 394 g/mol. The summed E-state index contributed by atoms with van der Waals surface area (Å²) in [7, 11) is 0. The summed E-state index contributed by atoms with van der Waals surface area (Å²) in [5, 5.41) is 6.01. The van der Waals surface area contributed by atoms with Gasteiger partial charge in [0.15, 0.2) is 0 Å². The molecule has 0 aromatic heterocycles. The first-order valence-electron chi connectivity index (χ1n) is 10.5. The maximum atomic E-state index is 11.9. The van der Waals surface area contributed by atoms with E-state index in [0.717, 1.165) is 38.2 Å². The Labute approximate surface area is 167 Å². The van der Waals surface area contributed by atoms with Gasteiger partial charge in [0.1, 0.15) is 13.2 Å². The summed E-state index contributed by atoms with van der Waals surface area (Å²) in [5.74, 6) is 0.794. The molecule has 0 bridgehead atoms. The second-order valence-electron chi connectivity index (χ2n) is 8.05. The molecule has 4 unspecified atom stereocenters. The summed E-state index contributed by atoms with van der Waals surface area (Å²) in [6.45, 7) is 4.96. The van der Waals surface area contributed by atoms with Crippen LogP contribution >= 0.6 is 0 Å². The van der Waals surface area contributed by atoms with Crippen molar-refractivity contribution in [2.24, 2.45) is 11.8 Å². The van der Waals surface area contributed by atoms with Gasteiger partial charge in [0.25, 0.3) is 0 Å². The van der Waals surface area contributed by atoms with Crippen molar-refractivity contribution >= 4 is 18.0 Å². The summed E-state index contributed by atoms with van der Waals surface area (Å²) < 4.78 is 9.85. The molecular weight excluding hydrogens is 360 g/mol. The van der Waals surface area contributed by atoms with E-state index >= 15 is 0 Å². The molecule has 7 nitrogen and oxygen atoms in total. The van der Waals surface area contributed by atoms with Crippen LogP contribution in [0.15, 0.2) is 12.7 Å². The van der Waals surface area contributed by atoms with Gasteiger partial charge >= 0.3 is 12.1 Å². The van der Waals surface area contributed by atoms with Gasteiger partial charge in [-0.05, 0) is 43.9 Å². The highest BCUT2D eigenvalue weighted by molar-refractivity contribution is 5.81. The molecule has 2 N–H and O–H groups in total. The van der Waals surface area contributed by atoms with Crippen LogP contribution in [0, 0.1) is 11.8 Å². The molecule has 7 heteroatoms. The van der Waals surface area contributed by atoms with Gasteiger partial charge < -0.3 is 20.1 Å². The summed E-state index contributed by atoms with van der Waals surface area (Å²) in [6.07, 6.45) is 10.6. The van der Waals surface area contributed by atoms with Crippen molar-refractivity contribution in [2.45, 2.75) is 76.8 Å². The Balaban J connectivity index is 1.67. The van der Waals surface area contributed by atoms with Crippen LogP contribution in [0.3, 0.4) is 0 Å². The highest BCUT2D eigenvalue weighted by Crippen LogP contribution is 2.35. The molecule has 2 aliphatic rings. The number of nitrogens with one attached hydrogen (secondary N) is 2. The van der Waals surface area contributed by atoms with E-state index < -0.39 is 12.1 Å². The van der Waals surface area contributed by atoms with Crippen LogP contribution in [0.1, 0.15) is 64.7 Å². The van der Waals surface area contributed by atoms with E-state index in [2.05, 4.69) is 17.2 Å². The standard InChI is InChI=1S/C21H34N2O5/c1-3-20(25)27-10-11-28-21(26)23-19-9-5-7-17(14-19)12-16-6-4-8-18(13-16)22-15(2)24/h3,16-19H,1,4-14H2,2H3,(H,22,24)(H,23,26). The van der Waals surface area contributed by atoms with E-state index in [0.29, 0.717) is 17.9 Å². The molecule has 4 atom stereocenters. The zero-order chi connectivity index (χ0) is 20.4. The lowest BCUT2D eigenvalue weighted by molar-refractivity contribution is -0.138. The van der Waals surface area contributed by atoms with Crippen LogP contribution in [0.4, 0.5) is 4.79 Å². The predicted molar refractivity (Wildman–Crippen MR) is 106 cm³/mol. The van der Waals surface area contributed by atoms with Crippen LogP contribution in [-0.2, 0) is 19.1 Å². The van der Waals surface area contributed by atoms with Gasteiger partial charge in [-0.2, -0.15) is 0 Å². The summed E-state index contributed by atoms with van der Waals surface area (Å²) in [4.78, 5) is 34.2. The Morgan fingerprint density at radius 3 is 2.07 bits per heavy atom. The van der Waals surface area contributed by atoms with Gasteiger partial charge in [-0.3, -0.25) is 4.79 Å². The van der Waals surface area contributed by atoms with Crippen molar-refractivity contribution in [3.8, 4) is 0 Å². The molecule has 2 saturated carbocycles. The minimum absolute atomic E-state index is 0.0305. The maximum absolute atomic E-state index is 11.9. The third kappa shape index (κ3) is 8.31. The van der Waals surface area contributed by atoms with Crippen LogP contribution in [-0.4, -0.2) is 43.3 Å². The van der Waals surface area contributed by atoms with E-state index in [-0.39, 0.29) is 25.2 Å². The van der Waals surface area contributed by atoms with Crippen molar-refractivity contribution < 1.29 is 23.9 Å². The fraction of sp³-hybridized carbons (Fsp3) is 0.762. The Morgan fingerprint density at radius 1 is 0.929 bits per heavy atom. The lowest BCUT2D eigenvalue weighted by Crippen LogP contribution is -2.40. The molecule has 0 saturated heterocycles. The third-order valence-corrected chi connectivity index (χ3v) is 5.69. The molecule has 2 amide bonds. The molecule has 2 rings (SSSR count). The van der Waals surface area contributed by atoms with E-state index in [4.69, 9.17) is 9.47 Å². The lowest BCUT2D eigenvalue weighted by Gasteiger charge is -2.35. The molecule has 2 fully saturated rings. The van der Waals surface area contributed by atoms with E-state index in [1.807, 2.05) is 0 Å². The lowest BCUT2D eigenvalue weighted by atomic mass is 9.75. The average Bonchev–Trinajstić information content (AvgIpc) is 2.65. The van der Waals surface area contributed by atoms with Crippen molar-refractivity contribution in [3.63, 3.8) is 0 Å². The number of carbonyl (C=O) groups excluding carboxylic acids is 3. The van der Waals surface area contributed by atoms with Gasteiger partial charge in [0.05, 0.1) is 0 Å². The van der Waals surface area contributed by atoms with E-state index in [9.17, 15) is 14.4 Å². The van der Waals surface area contributed by atoms with Crippen LogP contribution in [0.2, 0.25) is 0 Å². The molecule has 0 spiro atoms. The van der Waals surface area contributed by atoms with Gasteiger partial charge in [-0.15, -0.1) is 0 Å². The average molecular weight is 395 g/mol. The van der Waals surface area contributed by atoms with Crippen molar-refractivity contribution in [1.29, 1.82) is 0 Å². The molecule has 158 valence electrons. The number of carbonyl (C=O) groups is 3. The molecule has 2 aliphatic carbocycles. The largest absolute Gasteiger partial charge is 0.459 e. The highest BCUT2D eigenvalue weighted by Gasteiger charge is 2.29. The van der Waals surface area contributed by atoms with E-state index in [1.165, 1.54) is 25.7 Å². The Kier molecular flexibility index (Phi) is 9.31. The number of hydrogen-bond acceptors (Lipinski definition) is 5. The van der Waals surface area contributed by atoms with Crippen molar-refractivity contribution in [2.75, 3.05) is 13.2 Å². The first-order valence-corrected chi connectivity index (χ1v) is 10.5. The third-order valence-electron chi connectivity index (χ3n) is 5.69. The van der Waals surface area contributed by atoms with E-state index in [1.54, 1.807) is 6.92 Å². The number of amides is 2. The van der Waals surface area contributed by atoms with Gasteiger partial charge in [0, 0.05) is 25.1 Å². The highest BCUT2D eigenvalue weighted by atomic mass is 16.6. The number of alkyl carbamates (subject to hydrolysis) is 1. The molecule has 0 heterocycles. The number of hydrogen-bond donors (Lipinski definition) is 2. The zero-order valence-corrected chi connectivity index (χ0v) is 16.9. The zero-order valence-electron chi connectivity index (χ0n) is 16.9. The predicted octanol–water partition coefficient (Wildman–Crippen LogP) is 3.09. The van der Waals surface area contributed by atoms with Gasteiger partial charge in [0.2, 0.25) is 5.91 Å². The Hall–Kier alpha value is -2.05. The smallest absolute Gasteiger partial charge is 0.407 e. The molecule has 0 radical (unpaired) electrons. The topological polar surface area (TPSA) is 93.7 Å². The molecular formula is C21H34N2O5. The van der Waals surface area contributed by atoms with Gasteiger partial charge in [-0.1, -0.05) is 32.3 Å². The first-order chi connectivity index (χ1) is 13.5. The normalized spacial score (nSPS) is 27.3. The minimum Gasteiger partial charge on any atom is -0.459 e. The van der Waals surface area contributed by atoms with Crippen LogP contribution in [0.5, 0.6) is 0 Å². The minimum atomic E-state index is -0.525. The van der Waals surface area contributed by atoms with Crippen molar-refractivity contribution in [1.82, 2.24) is 10.6 Å². The van der Waals surface area contributed by atoms with Crippen LogP contribution in [0.25, 0.3) is 0 Å². The molecule has 0 aromatic rings. The second kappa shape index (κ2) is 11.7. The molecule has 0 aromatic carbocycles. The fourth-order valence-electron chi connectivity index (χ4n) is 4.58. The summed E-state index contributed by atoms with van der Waals surface area (Å²) >= 11 is 0. The summed E-state index contributed by atoms with van der Waals surface area (Å²) in [5.41, 5.74) is 0. The van der Waals surface area contributed by atoms with Crippen LogP contribution < -0.4 is 10.6 Å². The number of esters is 1. The number of ether oxygens (including phenoxy) is 2. The molecule has 28 heavy (non-hydrogen) atoms. The fourth-order valence-corrected chi connectivity index (χ4v) is 4.58. The SMILES string of the molecule is C=CC(=O)OCCOC(=O)NC1CCCC(CC2CCCC(NC(C)=O)C2)C1. The van der Waals surface area contributed by atoms with Crippen molar-refractivity contribution in [3.05, 3.63) is 12.7 Å². The summed E-state index contributed by atoms with van der Waals surface area (Å²) in [6, 6.07) is 0.454. The Morgan fingerprint density at radius 2 is 1.50 bits per heavy atom. The molecule has 0 aliphatic heterocycles. The maximum Gasteiger partial charge on any atom is 0.407 e. The van der Waals surface area contributed by atoms with Gasteiger partial charge in [-0.25, -0.2) is 9.59 Å².